The van der Waals surface area contributed by atoms with E-state index in [1.165, 1.54) is 18.3 Å². The fourth-order valence-corrected chi connectivity index (χ4v) is 0.891. The minimum absolute atomic E-state index is 0.139. The molecular weight excluding hydrogens is 190 g/mol. The molecule has 74 valence electrons. The number of carbonyl (C=O) groups is 1. The van der Waals surface area contributed by atoms with Crippen molar-refractivity contribution >= 4 is 11.7 Å². The first kappa shape index (κ1) is 9.90. The van der Waals surface area contributed by atoms with Gasteiger partial charge in [0, 0.05) is 6.07 Å². The Balaban J connectivity index is 2.89. The molecule has 0 atom stereocenters. The van der Waals surface area contributed by atoms with Crippen molar-refractivity contribution in [2.45, 2.75) is 0 Å². The Labute approximate surface area is 78.7 Å². The molecule has 0 fully saturated rings. The van der Waals surface area contributed by atoms with Crippen LogP contribution in [0.4, 0.5) is 5.69 Å². The second-order valence-corrected chi connectivity index (χ2v) is 2.46. The Morgan fingerprint density at radius 2 is 2.43 bits per heavy atom. The molecule has 0 aromatic carbocycles. The van der Waals surface area contributed by atoms with Gasteiger partial charge in [0.2, 0.25) is 6.20 Å². The summed E-state index contributed by atoms with van der Waals surface area (Å²) in [6, 6.07) is 2.81. The predicted octanol–water partition coefficient (Wildman–Crippen LogP) is -0.108. The molecule has 0 amide bonds. The molecule has 0 radical (unpaired) electrons. The van der Waals surface area contributed by atoms with E-state index in [0.29, 0.717) is 9.74 Å². The van der Waals surface area contributed by atoms with Crippen molar-refractivity contribution in [3.8, 4) is 0 Å². The zero-order valence-electron chi connectivity index (χ0n) is 7.03. The van der Waals surface area contributed by atoms with Gasteiger partial charge >= 0.3 is 5.97 Å². The van der Waals surface area contributed by atoms with Crippen LogP contribution >= 0.6 is 0 Å². The molecule has 0 bridgehead atoms. The lowest BCUT2D eigenvalue weighted by molar-refractivity contribution is -0.604. The van der Waals surface area contributed by atoms with Gasteiger partial charge in [-0.05, 0) is 6.07 Å². The molecule has 0 saturated carbocycles. The lowest BCUT2D eigenvalue weighted by Crippen LogP contribution is -2.29. The standard InChI is InChI=1S/C7H7N3O4/c11-7(12)5-10(8-13)6-2-1-3-9(14)4-6/h1-4H,5H2,(H,11,12). The van der Waals surface area contributed by atoms with E-state index in [-0.39, 0.29) is 5.69 Å². The second-order valence-electron chi connectivity index (χ2n) is 2.46. The molecule has 0 aliphatic heterocycles. The molecule has 1 rings (SSSR count). The maximum absolute atomic E-state index is 10.8. The zero-order chi connectivity index (χ0) is 10.6. The van der Waals surface area contributed by atoms with Crippen LogP contribution in [0.3, 0.4) is 0 Å². The number of carboxylic acid groups (broad SMARTS) is 1. The van der Waals surface area contributed by atoms with Crippen LogP contribution in [0.2, 0.25) is 0 Å². The molecule has 0 aliphatic rings. The smallest absolute Gasteiger partial charge is 0.325 e. The molecule has 0 saturated heterocycles. The first-order chi connectivity index (χ1) is 6.63. The summed E-state index contributed by atoms with van der Waals surface area (Å²) in [4.78, 5) is 20.6. The average molecular weight is 197 g/mol. The Kier molecular flexibility index (Phi) is 2.95. The highest BCUT2D eigenvalue weighted by atomic mass is 16.5. The van der Waals surface area contributed by atoms with Gasteiger partial charge in [-0.15, -0.1) is 4.91 Å². The number of aromatic nitrogens is 1. The Bertz CT molecular complexity index is 355. The highest BCUT2D eigenvalue weighted by Gasteiger charge is 2.12. The number of anilines is 1. The highest BCUT2D eigenvalue weighted by Crippen LogP contribution is 2.10. The lowest BCUT2D eigenvalue weighted by Gasteiger charge is -2.10. The molecular formula is C7H7N3O4. The van der Waals surface area contributed by atoms with Gasteiger partial charge in [0.15, 0.2) is 6.20 Å². The quantitative estimate of drug-likeness (QED) is 0.314. The van der Waals surface area contributed by atoms with E-state index < -0.39 is 12.5 Å². The Hall–Kier alpha value is -2.18. The van der Waals surface area contributed by atoms with E-state index in [9.17, 15) is 14.9 Å². The summed E-state index contributed by atoms with van der Waals surface area (Å²) in [6.07, 6.45) is 2.28. The maximum Gasteiger partial charge on any atom is 0.325 e. The van der Waals surface area contributed by atoms with E-state index in [4.69, 9.17) is 5.11 Å². The van der Waals surface area contributed by atoms with Crippen LogP contribution in [-0.2, 0) is 4.79 Å². The van der Waals surface area contributed by atoms with E-state index in [2.05, 4.69) is 5.29 Å². The van der Waals surface area contributed by atoms with Gasteiger partial charge in [-0.3, -0.25) is 4.79 Å². The summed E-state index contributed by atoms with van der Waals surface area (Å²) in [7, 11) is 0. The summed E-state index contributed by atoms with van der Waals surface area (Å²) in [6.45, 7) is -0.576. The van der Waals surface area contributed by atoms with Crippen molar-refractivity contribution in [2.75, 3.05) is 11.6 Å². The predicted molar refractivity (Wildman–Crippen MR) is 46.2 cm³/mol. The zero-order valence-corrected chi connectivity index (χ0v) is 7.03. The largest absolute Gasteiger partial charge is 0.619 e. The van der Waals surface area contributed by atoms with Gasteiger partial charge in [0.25, 0.3) is 0 Å². The van der Waals surface area contributed by atoms with Crippen LogP contribution in [0.1, 0.15) is 0 Å². The monoisotopic (exact) mass is 197 g/mol. The van der Waals surface area contributed by atoms with Gasteiger partial charge in [0.1, 0.15) is 12.2 Å². The molecule has 0 spiro atoms. The SMILES string of the molecule is O=NN(CC(=O)O)c1ccc[n+]([O-])c1. The van der Waals surface area contributed by atoms with E-state index in [0.717, 1.165) is 6.20 Å². The van der Waals surface area contributed by atoms with Crippen LogP contribution in [0.25, 0.3) is 0 Å². The molecule has 0 aliphatic carbocycles. The molecule has 0 unspecified atom stereocenters. The number of hydrogen-bond acceptors (Lipinski definition) is 4. The average Bonchev–Trinajstić information content (AvgIpc) is 2.14. The first-order valence-corrected chi connectivity index (χ1v) is 3.65. The Morgan fingerprint density at radius 3 is 2.93 bits per heavy atom. The summed E-state index contributed by atoms with van der Waals surface area (Å²) < 4.78 is 0.454. The van der Waals surface area contributed by atoms with Crippen molar-refractivity contribution in [3.05, 3.63) is 34.6 Å². The van der Waals surface area contributed by atoms with Crippen molar-refractivity contribution in [1.29, 1.82) is 0 Å². The fourth-order valence-electron chi connectivity index (χ4n) is 0.891. The maximum atomic E-state index is 10.8. The van der Waals surface area contributed by atoms with E-state index in [1.807, 2.05) is 0 Å². The lowest BCUT2D eigenvalue weighted by atomic mass is 10.4. The minimum atomic E-state index is -1.20. The van der Waals surface area contributed by atoms with Crippen molar-refractivity contribution in [1.82, 2.24) is 0 Å². The van der Waals surface area contributed by atoms with Crippen LogP contribution in [0.5, 0.6) is 0 Å². The number of pyridine rings is 1. The number of nitrogens with zero attached hydrogens (tertiary/aromatic N) is 3. The van der Waals surface area contributed by atoms with Gasteiger partial charge in [-0.2, -0.15) is 4.73 Å². The Morgan fingerprint density at radius 1 is 1.71 bits per heavy atom. The number of hydrogen-bond donors (Lipinski definition) is 1. The number of carboxylic acids is 1. The van der Waals surface area contributed by atoms with E-state index in [1.54, 1.807) is 0 Å². The molecule has 1 heterocycles. The first-order valence-electron chi connectivity index (χ1n) is 3.65. The van der Waals surface area contributed by atoms with Crippen molar-refractivity contribution in [3.63, 3.8) is 0 Å². The van der Waals surface area contributed by atoms with Gasteiger partial charge < -0.3 is 10.3 Å². The molecule has 7 nitrogen and oxygen atoms in total. The molecule has 1 aromatic rings. The molecule has 7 heteroatoms. The molecule has 1 aromatic heterocycles. The summed E-state index contributed by atoms with van der Waals surface area (Å²) >= 11 is 0. The number of aliphatic carboxylic acids is 1. The third-order valence-electron chi connectivity index (χ3n) is 1.44. The molecule has 14 heavy (non-hydrogen) atoms. The van der Waals surface area contributed by atoms with Gasteiger partial charge in [-0.1, -0.05) is 0 Å². The summed E-state index contributed by atoms with van der Waals surface area (Å²) in [5.41, 5.74) is 0.139. The second kappa shape index (κ2) is 4.17. The number of rotatable bonds is 4. The van der Waals surface area contributed by atoms with Crippen LogP contribution in [0, 0.1) is 10.1 Å². The molecule has 1 N–H and O–H groups in total. The summed E-state index contributed by atoms with van der Waals surface area (Å²) in [5.74, 6) is -1.20. The van der Waals surface area contributed by atoms with Gasteiger partial charge in [0.05, 0.1) is 5.29 Å². The third-order valence-corrected chi connectivity index (χ3v) is 1.44. The highest BCUT2D eigenvalue weighted by molar-refractivity contribution is 5.73. The number of nitroso groups, excluding NO2 is 1. The van der Waals surface area contributed by atoms with Gasteiger partial charge in [-0.25, -0.2) is 5.01 Å². The van der Waals surface area contributed by atoms with Crippen LogP contribution < -0.4 is 9.74 Å². The minimum Gasteiger partial charge on any atom is -0.619 e. The van der Waals surface area contributed by atoms with Crippen molar-refractivity contribution in [2.24, 2.45) is 5.29 Å². The fraction of sp³-hybridized carbons (Fsp3) is 0.143. The normalized spacial score (nSPS) is 9.43. The van der Waals surface area contributed by atoms with Crippen LogP contribution in [-0.4, -0.2) is 17.6 Å². The summed E-state index contributed by atoms with van der Waals surface area (Å²) in [5, 5.41) is 22.4. The van der Waals surface area contributed by atoms with E-state index >= 15 is 0 Å². The van der Waals surface area contributed by atoms with Crippen molar-refractivity contribution < 1.29 is 14.6 Å². The van der Waals surface area contributed by atoms with Crippen LogP contribution in [0.15, 0.2) is 29.8 Å². The third kappa shape index (κ3) is 2.41. The topological polar surface area (TPSA) is 96.9 Å².